The quantitative estimate of drug-likeness (QED) is 0.664. The Bertz CT molecular complexity index is 511. The van der Waals surface area contributed by atoms with Crippen LogP contribution in [0.2, 0.25) is 0 Å². The number of ether oxygens (including phenoxy) is 1. The molecule has 9 heteroatoms. The molecular weight excluding hydrogens is 322 g/mol. The smallest absolute Gasteiger partial charge is 0.317 e. The molecule has 1 saturated carbocycles. The molecular formula is C14H27N3O5S. The average Bonchev–Trinajstić information content (AvgIpc) is 2.39. The lowest BCUT2D eigenvalue weighted by Crippen LogP contribution is -2.59. The summed E-state index contributed by atoms with van der Waals surface area (Å²) in [4.78, 5) is 12.7. The Labute approximate surface area is 138 Å². The summed E-state index contributed by atoms with van der Waals surface area (Å²) in [5, 5.41) is 8.88. The van der Waals surface area contributed by atoms with Gasteiger partial charge in [0.1, 0.15) is 0 Å². The van der Waals surface area contributed by atoms with Gasteiger partial charge < -0.3 is 9.84 Å². The molecule has 0 bridgehead atoms. The molecule has 0 aromatic rings. The highest BCUT2D eigenvalue weighted by atomic mass is 32.2. The SMILES string of the molecule is CCN(CC(=O)O)C1CC(NS(=O)(=O)N2CC(C)OC(C)C2)C1. The molecule has 2 N–H and O–H groups in total. The van der Waals surface area contributed by atoms with Crippen LogP contribution < -0.4 is 4.72 Å². The predicted octanol–water partition coefficient (Wildman–Crippen LogP) is -0.132. The standard InChI is InChI=1S/C14H27N3O5S/c1-4-16(9-14(18)19)13-5-12(6-13)15-23(20,21)17-7-10(2)22-11(3)8-17/h10-13,15H,4-9H2,1-3H3,(H,18,19). The van der Waals surface area contributed by atoms with Gasteiger partial charge in [0.15, 0.2) is 0 Å². The van der Waals surface area contributed by atoms with E-state index in [1.54, 1.807) is 0 Å². The largest absolute Gasteiger partial charge is 0.480 e. The van der Waals surface area contributed by atoms with E-state index < -0.39 is 16.2 Å². The lowest BCUT2D eigenvalue weighted by atomic mass is 9.86. The van der Waals surface area contributed by atoms with Crippen molar-refractivity contribution >= 4 is 16.2 Å². The summed E-state index contributed by atoms with van der Waals surface area (Å²) < 4.78 is 34.6. The van der Waals surface area contributed by atoms with Crippen LogP contribution in [0.25, 0.3) is 0 Å². The third kappa shape index (κ3) is 4.87. The fourth-order valence-electron chi connectivity index (χ4n) is 3.27. The predicted molar refractivity (Wildman–Crippen MR) is 85.3 cm³/mol. The third-order valence-corrected chi connectivity index (χ3v) is 6.02. The first-order valence-electron chi connectivity index (χ1n) is 8.10. The molecule has 2 fully saturated rings. The zero-order valence-electron chi connectivity index (χ0n) is 13.9. The van der Waals surface area contributed by atoms with E-state index in [4.69, 9.17) is 9.84 Å². The first kappa shape index (κ1) is 18.6. The van der Waals surface area contributed by atoms with Crippen molar-refractivity contribution in [3.8, 4) is 0 Å². The topological polar surface area (TPSA) is 99.2 Å². The Hall–Kier alpha value is -0.740. The normalized spacial score (nSPS) is 32.7. The molecule has 0 aromatic heterocycles. The van der Waals surface area contributed by atoms with Crippen LogP contribution in [0.4, 0.5) is 0 Å². The minimum atomic E-state index is -3.52. The van der Waals surface area contributed by atoms with Gasteiger partial charge in [-0.15, -0.1) is 0 Å². The zero-order chi connectivity index (χ0) is 17.2. The van der Waals surface area contributed by atoms with Gasteiger partial charge >= 0.3 is 5.97 Å². The van der Waals surface area contributed by atoms with Crippen molar-refractivity contribution in [3.05, 3.63) is 0 Å². The summed E-state index contributed by atoms with van der Waals surface area (Å²) in [5.41, 5.74) is 0. The van der Waals surface area contributed by atoms with E-state index >= 15 is 0 Å². The molecule has 1 saturated heterocycles. The summed E-state index contributed by atoms with van der Waals surface area (Å²) in [5.74, 6) is -0.854. The molecule has 1 aliphatic carbocycles. The van der Waals surface area contributed by atoms with E-state index in [0.29, 0.717) is 32.5 Å². The van der Waals surface area contributed by atoms with E-state index in [-0.39, 0.29) is 30.8 Å². The van der Waals surface area contributed by atoms with Gasteiger partial charge in [-0.05, 0) is 33.2 Å². The van der Waals surface area contributed by atoms with Crippen LogP contribution in [-0.4, -0.2) is 79.2 Å². The van der Waals surface area contributed by atoms with Gasteiger partial charge in [-0.1, -0.05) is 6.92 Å². The van der Waals surface area contributed by atoms with Crippen molar-refractivity contribution in [2.45, 2.75) is 57.9 Å². The maximum Gasteiger partial charge on any atom is 0.317 e. The Balaban J connectivity index is 1.85. The van der Waals surface area contributed by atoms with Gasteiger partial charge in [0.2, 0.25) is 0 Å². The van der Waals surface area contributed by atoms with E-state index in [9.17, 15) is 13.2 Å². The third-order valence-electron chi connectivity index (χ3n) is 4.42. The fourth-order valence-corrected chi connectivity index (χ4v) is 4.84. The fraction of sp³-hybridized carbons (Fsp3) is 0.929. The number of carbonyl (C=O) groups is 1. The van der Waals surface area contributed by atoms with Gasteiger partial charge in [-0.2, -0.15) is 17.4 Å². The Morgan fingerprint density at radius 2 is 1.87 bits per heavy atom. The van der Waals surface area contributed by atoms with Crippen LogP contribution >= 0.6 is 0 Å². The monoisotopic (exact) mass is 349 g/mol. The van der Waals surface area contributed by atoms with Crippen LogP contribution in [0, 0.1) is 0 Å². The second-order valence-electron chi connectivity index (χ2n) is 6.48. The van der Waals surface area contributed by atoms with Gasteiger partial charge in [-0.25, -0.2) is 0 Å². The number of carboxylic acid groups (broad SMARTS) is 1. The van der Waals surface area contributed by atoms with Crippen LogP contribution in [0.1, 0.15) is 33.6 Å². The molecule has 2 rings (SSSR count). The van der Waals surface area contributed by atoms with E-state index in [2.05, 4.69) is 4.72 Å². The number of aliphatic carboxylic acids is 1. The number of rotatable bonds is 7. The molecule has 2 aliphatic rings. The maximum atomic E-state index is 12.5. The average molecular weight is 349 g/mol. The molecule has 0 radical (unpaired) electrons. The highest BCUT2D eigenvalue weighted by molar-refractivity contribution is 7.87. The molecule has 2 unspecified atom stereocenters. The van der Waals surface area contributed by atoms with Crippen molar-refractivity contribution in [3.63, 3.8) is 0 Å². The molecule has 23 heavy (non-hydrogen) atoms. The van der Waals surface area contributed by atoms with Crippen molar-refractivity contribution < 1.29 is 23.1 Å². The first-order chi connectivity index (χ1) is 10.7. The summed E-state index contributed by atoms with van der Waals surface area (Å²) in [6, 6.07) is 0.00707. The van der Waals surface area contributed by atoms with Crippen molar-refractivity contribution in [1.29, 1.82) is 0 Å². The lowest BCUT2D eigenvalue weighted by molar-refractivity contribution is -0.139. The second kappa shape index (κ2) is 7.43. The van der Waals surface area contributed by atoms with Crippen molar-refractivity contribution in [2.24, 2.45) is 0 Å². The van der Waals surface area contributed by atoms with Gasteiger partial charge in [0.25, 0.3) is 10.2 Å². The highest BCUT2D eigenvalue weighted by Crippen LogP contribution is 2.27. The first-order valence-corrected chi connectivity index (χ1v) is 9.54. The zero-order valence-corrected chi connectivity index (χ0v) is 14.8. The molecule has 0 aromatic carbocycles. The minimum Gasteiger partial charge on any atom is -0.480 e. The number of nitrogens with zero attached hydrogens (tertiary/aromatic N) is 2. The number of likely N-dealkylation sites (N-methyl/N-ethyl adjacent to an activating group) is 1. The Kier molecular flexibility index (Phi) is 6.01. The molecule has 0 amide bonds. The summed E-state index contributed by atoms with van der Waals surface area (Å²) in [6.45, 7) is 7.00. The highest BCUT2D eigenvalue weighted by Gasteiger charge is 2.39. The van der Waals surface area contributed by atoms with Gasteiger partial charge in [-0.3, -0.25) is 9.69 Å². The Morgan fingerprint density at radius 1 is 1.30 bits per heavy atom. The number of hydrogen-bond acceptors (Lipinski definition) is 5. The van der Waals surface area contributed by atoms with Crippen LogP contribution in [0.5, 0.6) is 0 Å². The number of hydrogen-bond donors (Lipinski definition) is 2. The summed E-state index contributed by atoms with van der Waals surface area (Å²) >= 11 is 0. The second-order valence-corrected chi connectivity index (χ2v) is 8.18. The molecule has 1 heterocycles. The summed E-state index contributed by atoms with van der Waals surface area (Å²) in [7, 11) is -3.52. The van der Waals surface area contributed by atoms with E-state index in [0.717, 1.165) is 0 Å². The van der Waals surface area contributed by atoms with E-state index in [1.807, 2.05) is 25.7 Å². The Morgan fingerprint density at radius 3 is 2.35 bits per heavy atom. The minimum absolute atomic E-state index is 0.000863. The number of nitrogens with one attached hydrogen (secondary N) is 1. The van der Waals surface area contributed by atoms with E-state index in [1.165, 1.54) is 4.31 Å². The number of morpholine rings is 1. The van der Waals surface area contributed by atoms with Gasteiger partial charge in [0, 0.05) is 25.2 Å². The van der Waals surface area contributed by atoms with Crippen molar-refractivity contribution in [1.82, 2.24) is 13.9 Å². The van der Waals surface area contributed by atoms with Crippen LogP contribution in [0.3, 0.4) is 0 Å². The maximum absolute atomic E-state index is 12.5. The summed E-state index contributed by atoms with van der Waals surface area (Å²) in [6.07, 6.45) is 1.07. The van der Waals surface area contributed by atoms with Gasteiger partial charge in [0.05, 0.1) is 18.8 Å². The van der Waals surface area contributed by atoms with Crippen molar-refractivity contribution in [2.75, 3.05) is 26.2 Å². The molecule has 1 aliphatic heterocycles. The van der Waals surface area contributed by atoms with Crippen LogP contribution in [-0.2, 0) is 19.7 Å². The molecule has 134 valence electrons. The molecule has 8 nitrogen and oxygen atoms in total. The lowest BCUT2D eigenvalue weighted by Gasteiger charge is -2.43. The number of carboxylic acids is 1. The van der Waals surface area contributed by atoms with Crippen LogP contribution in [0.15, 0.2) is 0 Å². The molecule has 2 atom stereocenters. The molecule has 0 spiro atoms.